The quantitative estimate of drug-likeness (QED) is 0.0267. The fourth-order valence-corrected chi connectivity index (χ4v) is 7.66. The number of ether oxygens (including phenoxy) is 4. The van der Waals surface area contributed by atoms with E-state index in [0.717, 1.165) is 116 Å². The Morgan fingerprint density at radius 1 is 0.457 bits per heavy atom. The molecular formula is C61H100O9. The summed E-state index contributed by atoms with van der Waals surface area (Å²) in [6.45, 7) is 4.28. The van der Waals surface area contributed by atoms with Gasteiger partial charge in [0.1, 0.15) is 30.5 Å². The number of aliphatic hydroxyl groups is 4. The van der Waals surface area contributed by atoms with Gasteiger partial charge in [-0.15, -0.1) is 0 Å². The van der Waals surface area contributed by atoms with Crippen LogP contribution in [0.15, 0.2) is 122 Å². The number of aliphatic hydroxyl groups excluding tert-OH is 4. The Morgan fingerprint density at radius 3 is 1.24 bits per heavy atom. The molecule has 70 heavy (non-hydrogen) atoms. The van der Waals surface area contributed by atoms with Crippen LogP contribution in [0.2, 0.25) is 0 Å². The molecule has 0 aromatic carbocycles. The summed E-state index contributed by atoms with van der Waals surface area (Å²) in [5, 5.41) is 40.3. The summed E-state index contributed by atoms with van der Waals surface area (Å²) in [5.74, 6) is -0.330. The molecule has 1 aliphatic rings. The van der Waals surface area contributed by atoms with E-state index in [1.165, 1.54) is 57.8 Å². The lowest BCUT2D eigenvalue weighted by Gasteiger charge is -2.39. The van der Waals surface area contributed by atoms with E-state index in [9.17, 15) is 25.2 Å². The molecule has 0 amide bonds. The van der Waals surface area contributed by atoms with Crippen molar-refractivity contribution in [1.82, 2.24) is 0 Å². The molecule has 1 aliphatic heterocycles. The van der Waals surface area contributed by atoms with Gasteiger partial charge in [0.25, 0.3) is 0 Å². The standard InChI is InChI=1S/C61H100O9/c1-3-5-7-9-11-13-15-17-19-21-23-25-27-28-29-30-32-34-36-38-40-42-44-46-48-50-57(63)69-55(54-68-61-60(66)59(65)58(64)56(52-62)70-61)53-67-51-49-47-45-43-41-39-37-35-33-31-26-24-22-20-18-16-14-12-10-8-6-4-2/h5-8,11-14,17-20,23-26,28-29,33,35,55-56,58-62,64-66H,3-4,9-10,15-16,21-22,27,30-32,34,36-54H2,1-2H3/b7-5-,8-6-,13-11-,14-12-,19-17-,20-18-,25-23-,26-24-,29-28-,35-33-. The summed E-state index contributed by atoms with van der Waals surface area (Å²) in [7, 11) is 0. The first-order valence-electron chi connectivity index (χ1n) is 27.6. The molecule has 0 radical (unpaired) electrons. The highest BCUT2D eigenvalue weighted by molar-refractivity contribution is 5.69. The van der Waals surface area contributed by atoms with Crippen LogP contribution in [-0.2, 0) is 23.7 Å². The van der Waals surface area contributed by atoms with Crippen LogP contribution in [0.3, 0.4) is 0 Å². The fraction of sp³-hybridized carbons (Fsp3) is 0.656. The van der Waals surface area contributed by atoms with E-state index in [1.54, 1.807) is 0 Å². The first kappa shape index (κ1) is 64.6. The highest BCUT2D eigenvalue weighted by Gasteiger charge is 2.44. The van der Waals surface area contributed by atoms with Gasteiger partial charge < -0.3 is 39.4 Å². The van der Waals surface area contributed by atoms with Crippen molar-refractivity contribution < 1.29 is 44.2 Å². The largest absolute Gasteiger partial charge is 0.457 e. The molecule has 0 aromatic rings. The molecule has 1 rings (SSSR count). The van der Waals surface area contributed by atoms with E-state index in [1.807, 2.05) is 0 Å². The van der Waals surface area contributed by atoms with Crippen molar-refractivity contribution in [2.75, 3.05) is 26.4 Å². The van der Waals surface area contributed by atoms with Gasteiger partial charge in [0, 0.05) is 13.0 Å². The maximum atomic E-state index is 12.9. The van der Waals surface area contributed by atoms with Crippen molar-refractivity contribution in [1.29, 1.82) is 0 Å². The summed E-state index contributed by atoms with van der Waals surface area (Å²) in [4.78, 5) is 12.9. The van der Waals surface area contributed by atoms with Crippen LogP contribution in [-0.4, -0.2) is 89.6 Å². The highest BCUT2D eigenvalue weighted by Crippen LogP contribution is 2.23. The van der Waals surface area contributed by atoms with Gasteiger partial charge in [0.2, 0.25) is 0 Å². The second kappa shape index (κ2) is 50.5. The minimum absolute atomic E-state index is 0.124. The van der Waals surface area contributed by atoms with Crippen molar-refractivity contribution >= 4 is 5.97 Å². The third-order valence-electron chi connectivity index (χ3n) is 11.9. The minimum Gasteiger partial charge on any atom is -0.457 e. The monoisotopic (exact) mass is 977 g/mol. The second-order valence-electron chi connectivity index (χ2n) is 18.3. The number of rotatable bonds is 46. The number of unbranched alkanes of at least 4 members (excludes halogenated alkanes) is 15. The highest BCUT2D eigenvalue weighted by atomic mass is 16.7. The molecule has 1 saturated heterocycles. The molecule has 9 nitrogen and oxygen atoms in total. The molecule has 0 saturated carbocycles. The third-order valence-corrected chi connectivity index (χ3v) is 11.9. The number of esters is 1. The Hall–Kier alpha value is -3.41. The Labute approximate surface area is 427 Å². The van der Waals surface area contributed by atoms with E-state index in [2.05, 4.69) is 135 Å². The Kier molecular flexibility index (Phi) is 46.6. The lowest BCUT2D eigenvalue weighted by atomic mass is 9.99. The first-order valence-corrected chi connectivity index (χ1v) is 27.6. The molecular weight excluding hydrogens is 877 g/mol. The Balaban J connectivity index is 2.21. The zero-order chi connectivity index (χ0) is 50.6. The third kappa shape index (κ3) is 40.2. The summed E-state index contributed by atoms with van der Waals surface area (Å²) in [6, 6.07) is 0. The number of carbonyl (C=O) groups excluding carboxylic acids is 1. The van der Waals surface area contributed by atoms with E-state index in [-0.39, 0.29) is 19.2 Å². The average Bonchev–Trinajstić information content (AvgIpc) is 3.36. The molecule has 4 N–H and O–H groups in total. The van der Waals surface area contributed by atoms with Crippen LogP contribution in [0, 0.1) is 0 Å². The molecule has 6 unspecified atom stereocenters. The van der Waals surface area contributed by atoms with E-state index in [0.29, 0.717) is 13.0 Å². The summed E-state index contributed by atoms with van der Waals surface area (Å²) in [6.07, 6.45) is 66.6. The maximum Gasteiger partial charge on any atom is 0.306 e. The van der Waals surface area contributed by atoms with Crippen LogP contribution in [0.25, 0.3) is 0 Å². The maximum absolute atomic E-state index is 12.9. The lowest BCUT2D eigenvalue weighted by Crippen LogP contribution is -2.59. The van der Waals surface area contributed by atoms with Gasteiger partial charge in [-0.1, -0.05) is 206 Å². The van der Waals surface area contributed by atoms with Crippen molar-refractivity contribution in [3.8, 4) is 0 Å². The summed E-state index contributed by atoms with van der Waals surface area (Å²) >= 11 is 0. The van der Waals surface area contributed by atoms with Crippen LogP contribution in [0.5, 0.6) is 0 Å². The van der Waals surface area contributed by atoms with Gasteiger partial charge in [-0.05, 0) is 103 Å². The summed E-state index contributed by atoms with van der Waals surface area (Å²) in [5.41, 5.74) is 0. The van der Waals surface area contributed by atoms with Crippen LogP contribution in [0.4, 0.5) is 0 Å². The SMILES string of the molecule is CC/C=C\C/C=C\C/C=C\C/C=C\C/C=C\CCCCCCCCCCCC(=O)OC(COCCCCCCCC/C=C\C/C=C\C/C=C\C/C=C\C/C=C\CC)COC1OC(CO)C(O)C(O)C1O. The zero-order valence-corrected chi connectivity index (χ0v) is 44.0. The van der Waals surface area contributed by atoms with E-state index < -0.39 is 43.4 Å². The molecule has 9 heteroatoms. The molecule has 0 spiro atoms. The minimum atomic E-state index is -1.55. The summed E-state index contributed by atoms with van der Waals surface area (Å²) < 4.78 is 22.9. The normalized spacial score (nSPS) is 19.9. The van der Waals surface area contributed by atoms with Crippen molar-refractivity contribution in [2.45, 2.75) is 230 Å². The van der Waals surface area contributed by atoms with Crippen LogP contribution >= 0.6 is 0 Å². The number of carbonyl (C=O) groups is 1. The van der Waals surface area contributed by atoms with Gasteiger partial charge in [-0.2, -0.15) is 0 Å². The fourth-order valence-electron chi connectivity index (χ4n) is 7.66. The van der Waals surface area contributed by atoms with E-state index in [4.69, 9.17) is 18.9 Å². The predicted molar refractivity (Wildman–Crippen MR) is 292 cm³/mol. The van der Waals surface area contributed by atoms with Gasteiger partial charge >= 0.3 is 5.97 Å². The van der Waals surface area contributed by atoms with Gasteiger partial charge in [-0.3, -0.25) is 4.79 Å². The predicted octanol–water partition coefficient (Wildman–Crippen LogP) is 14.3. The van der Waals surface area contributed by atoms with Gasteiger partial charge in [0.05, 0.1) is 19.8 Å². The first-order chi connectivity index (χ1) is 34.4. The number of hydrogen-bond acceptors (Lipinski definition) is 9. The number of hydrogen-bond donors (Lipinski definition) is 4. The average molecular weight is 977 g/mol. The zero-order valence-electron chi connectivity index (χ0n) is 44.0. The van der Waals surface area contributed by atoms with Crippen LogP contribution < -0.4 is 0 Å². The molecule has 6 atom stereocenters. The smallest absolute Gasteiger partial charge is 0.306 e. The van der Waals surface area contributed by atoms with E-state index >= 15 is 0 Å². The lowest BCUT2D eigenvalue weighted by molar-refractivity contribution is -0.305. The Morgan fingerprint density at radius 2 is 0.829 bits per heavy atom. The molecule has 1 fully saturated rings. The van der Waals surface area contributed by atoms with Gasteiger partial charge in [0.15, 0.2) is 6.29 Å². The molecule has 1 heterocycles. The van der Waals surface area contributed by atoms with Gasteiger partial charge in [-0.25, -0.2) is 0 Å². The van der Waals surface area contributed by atoms with Crippen molar-refractivity contribution in [2.24, 2.45) is 0 Å². The number of allylic oxidation sites excluding steroid dienone is 20. The Bertz CT molecular complexity index is 1480. The second-order valence-corrected chi connectivity index (χ2v) is 18.3. The topological polar surface area (TPSA) is 135 Å². The van der Waals surface area contributed by atoms with Crippen molar-refractivity contribution in [3.63, 3.8) is 0 Å². The molecule has 0 bridgehead atoms. The van der Waals surface area contributed by atoms with Crippen molar-refractivity contribution in [3.05, 3.63) is 122 Å². The molecule has 0 aromatic heterocycles. The molecule has 0 aliphatic carbocycles. The van der Waals surface area contributed by atoms with Crippen LogP contribution in [0.1, 0.15) is 194 Å². The molecule has 398 valence electrons.